The molecule has 0 saturated carbocycles. The van der Waals surface area contributed by atoms with E-state index in [1.165, 1.54) is 0 Å². The lowest BCUT2D eigenvalue weighted by molar-refractivity contribution is 0.633. The van der Waals surface area contributed by atoms with Crippen molar-refractivity contribution in [2.45, 2.75) is 26.3 Å². The monoisotopic (exact) mass is 274 g/mol. The third-order valence-electron chi connectivity index (χ3n) is 1.90. The van der Waals surface area contributed by atoms with Gasteiger partial charge in [0.2, 0.25) is 0 Å². The molecule has 16 heavy (non-hydrogen) atoms. The number of anilines is 1. The molecule has 0 saturated heterocycles. The summed E-state index contributed by atoms with van der Waals surface area (Å²) in [6.07, 6.45) is 0. The van der Waals surface area contributed by atoms with Crippen molar-refractivity contribution in [1.82, 2.24) is 4.98 Å². The first-order chi connectivity index (χ1) is 7.35. The molecule has 2 nitrogen and oxygen atoms in total. The molecule has 0 bridgehead atoms. The molecule has 0 spiro atoms. The van der Waals surface area contributed by atoms with E-state index in [2.05, 4.69) is 31.1 Å². The average Bonchev–Trinajstić information content (AvgIpc) is 2.43. The summed E-state index contributed by atoms with van der Waals surface area (Å²) >= 11 is 13.6. The van der Waals surface area contributed by atoms with E-state index in [1.807, 2.05) is 6.07 Å². The van der Waals surface area contributed by atoms with Crippen LogP contribution in [-0.4, -0.2) is 10.5 Å². The van der Waals surface area contributed by atoms with E-state index in [0.29, 0.717) is 10.0 Å². The van der Waals surface area contributed by atoms with Crippen molar-refractivity contribution >= 4 is 49.9 Å². The van der Waals surface area contributed by atoms with Crippen LogP contribution in [-0.2, 0) is 0 Å². The Bertz CT molecular complexity index is 528. The Balaban J connectivity index is 2.48. The van der Waals surface area contributed by atoms with Crippen LogP contribution in [0.1, 0.15) is 20.8 Å². The summed E-state index contributed by atoms with van der Waals surface area (Å²) in [5, 5.41) is 5.43. The molecule has 0 aliphatic rings. The minimum absolute atomic E-state index is 0.00977. The molecule has 0 unspecified atom stereocenters. The van der Waals surface area contributed by atoms with E-state index in [9.17, 15) is 0 Å². The zero-order chi connectivity index (χ0) is 11.9. The number of benzene rings is 1. The Kier molecular flexibility index (Phi) is 3.03. The molecule has 1 heterocycles. The standard InChI is InChI=1S/C11H12Cl2N2S/c1-11(2,3)15-10-14-9-7(13)4-6(12)5-8(9)16-10/h4-5H,1-3H3,(H,14,15). The molecule has 0 atom stereocenters. The molecule has 5 heteroatoms. The van der Waals surface area contributed by atoms with Gasteiger partial charge in [0.15, 0.2) is 5.13 Å². The largest absolute Gasteiger partial charge is 0.357 e. The van der Waals surface area contributed by atoms with Crippen molar-refractivity contribution in [3.8, 4) is 0 Å². The first kappa shape index (κ1) is 12.0. The molecular weight excluding hydrogens is 263 g/mol. The molecule has 1 aromatic carbocycles. The molecule has 1 aromatic heterocycles. The highest BCUT2D eigenvalue weighted by atomic mass is 35.5. The van der Waals surface area contributed by atoms with Crippen LogP contribution in [0.25, 0.3) is 10.2 Å². The number of aromatic nitrogens is 1. The van der Waals surface area contributed by atoms with Gasteiger partial charge in [-0.2, -0.15) is 0 Å². The molecule has 2 aromatic rings. The molecule has 86 valence electrons. The van der Waals surface area contributed by atoms with E-state index in [0.717, 1.165) is 15.3 Å². The van der Waals surface area contributed by atoms with E-state index >= 15 is 0 Å². The highest BCUT2D eigenvalue weighted by Gasteiger charge is 2.14. The first-order valence-corrected chi connectivity index (χ1v) is 6.46. The fourth-order valence-corrected chi connectivity index (χ4v) is 3.13. The predicted octanol–water partition coefficient (Wildman–Crippen LogP) is 4.81. The van der Waals surface area contributed by atoms with Crippen molar-refractivity contribution in [2.75, 3.05) is 5.32 Å². The summed E-state index contributed by atoms with van der Waals surface area (Å²) < 4.78 is 1.00. The third kappa shape index (κ3) is 2.59. The topological polar surface area (TPSA) is 24.9 Å². The van der Waals surface area contributed by atoms with Crippen molar-refractivity contribution in [1.29, 1.82) is 0 Å². The molecule has 2 rings (SSSR count). The van der Waals surface area contributed by atoms with Crippen molar-refractivity contribution in [2.24, 2.45) is 0 Å². The van der Waals surface area contributed by atoms with Crippen LogP contribution in [0.15, 0.2) is 12.1 Å². The molecular formula is C11H12Cl2N2S. The smallest absolute Gasteiger partial charge is 0.184 e. The van der Waals surface area contributed by atoms with Gasteiger partial charge in [0.05, 0.1) is 9.72 Å². The SMILES string of the molecule is CC(C)(C)Nc1nc2c(Cl)cc(Cl)cc2s1. The second-order valence-corrected chi connectivity index (χ2v) is 6.50. The maximum Gasteiger partial charge on any atom is 0.184 e. The van der Waals surface area contributed by atoms with E-state index in [4.69, 9.17) is 23.2 Å². The zero-order valence-electron chi connectivity index (χ0n) is 9.27. The molecule has 0 fully saturated rings. The van der Waals surface area contributed by atoms with Crippen molar-refractivity contribution in [3.63, 3.8) is 0 Å². The lowest BCUT2D eigenvalue weighted by Gasteiger charge is -2.19. The Morgan fingerprint density at radius 2 is 1.94 bits per heavy atom. The van der Waals surface area contributed by atoms with Gasteiger partial charge in [-0.1, -0.05) is 34.5 Å². The van der Waals surface area contributed by atoms with Gasteiger partial charge in [-0.3, -0.25) is 0 Å². The third-order valence-corrected chi connectivity index (χ3v) is 3.32. The highest BCUT2D eigenvalue weighted by Crippen LogP contribution is 2.34. The van der Waals surface area contributed by atoms with Crippen LogP contribution in [0, 0.1) is 0 Å². The van der Waals surface area contributed by atoms with Gasteiger partial charge in [0, 0.05) is 10.6 Å². The second-order valence-electron chi connectivity index (χ2n) is 4.63. The molecule has 1 N–H and O–H groups in total. The average molecular weight is 275 g/mol. The van der Waals surface area contributed by atoms with Gasteiger partial charge in [-0.15, -0.1) is 0 Å². The van der Waals surface area contributed by atoms with Crippen molar-refractivity contribution < 1.29 is 0 Å². The summed E-state index contributed by atoms with van der Waals surface area (Å²) in [5.41, 5.74) is 0.798. The summed E-state index contributed by atoms with van der Waals surface area (Å²) in [6.45, 7) is 6.27. The van der Waals surface area contributed by atoms with E-state index in [1.54, 1.807) is 17.4 Å². The number of nitrogens with zero attached hydrogens (tertiary/aromatic N) is 1. The lowest BCUT2D eigenvalue weighted by Crippen LogP contribution is -2.25. The van der Waals surface area contributed by atoms with E-state index in [-0.39, 0.29) is 5.54 Å². The summed E-state index contributed by atoms with van der Waals surface area (Å²) in [6, 6.07) is 3.60. The van der Waals surface area contributed by atoms with Crippen LogP contribution < -0.4 is 5.32 Å². The van der Waals surface area contributed by atoms with E-state index < -0.39 is 0 Å². The molecule has 0 radical (unpaired) electrons. The summed E-state index contributed by atoms with van der Waals surface area (Å²) in [4.78, 5) is 4.46. The number of fused-ring (bicyclic) bond motifs is 1. The number of halogens is 2. The maximum atomic E-state index is 6.08. The van der Waals surface area contributed by atoms with Crippen LogP contribution >= 0.6 is 34.5 Å². The number of nitrogens with one attached hydrogen (secondary N) is 1. The number of thiazole rings is 1. The van der Waals surface area contributed by atoms with Crippen LogP contribution in [0.4, 0.5) is 5.13 Å². The highest BCUT2D eigenvalue weighted by molar-refractivity contribution is 7.22. The van der Waals surface area contributed by atoms with Crippen molar-refractivity contribution in [3.05, 3.63) is 22.2 Å². The number of hydrogen-bond acceptors (Lipinski definition) is 3. The fraction of sp³-hybridized carbons (Fsp3) is 0.364. The summed E-state index contributed by atoms with van der Waals surface area (Å²) in [5.74, 6) is 0. The molecule has 0 aliphatic carbocycles. The van der Waals surface area contributed by atoms with Crippen LogP contribution in [0.5, 0.6) is 0 Å². The zero-order valence-corrected chi connectivity index (χ0v) is 11.6. The Morgan fingerprint density at radius 1 is 1.25 bits per heavy atom. The fourth-order valence-electron chi connectivity index (χ4n) is 1.33. The van der Waals surface area contributed by atoms with Gasteiger partial charge >= 0.3 is 0 Å². The maximum absolute atomic E-state index is 6.08. The molecule has 0 aliphatic heterocycles. The van der Waals surface area contributed by atoms with Gasteiger partial charge < -0.3 is 5.32 Å². The quantitative estimate of drug-likeness (QED) is 0.807. The minimum Gasteiger partial charge on any atom is -0.357 e. The predicted molar refractivity (Wildman–Crippen MR) is 73.0 cm³/mol. The normalized spacial score (nSPS) is 12.1. The minimum atomic E-state index is -0.00977. The van der Waals surface area contributed by atoms with Crippen LogP contribution in [0.3, 0.4) is 0 Å². The van der Waals surface area contributed by atoms with Gasteiger partial charge in [0.1, 0.15) is 5.52 Å². The molecule has 0 amide bonds. The lowest BCUT2D eigenvalue weighted by atomic mass is 10.1. The number of rotatable bonds is 1. The van der Waals surface area contributed by atoms with Gasteiger partial charge in [-0.05, 0) is 32.9 Å². The second kappa shape index (κ2) is 4.06. The van der Waals surface area contributed by atoms with Gasteiger partial charge in [0.25, 0.3) is 0 Å². The summed E-state index contributed by atoms with van der Waals surface area (Å²) in [7, 11) is 0. The number of hydrogen-bond donors (Lipinski definition) is 1. The first-order valence-electron chi connectivity index (χ1n) is 4.89. The Labute approximate surface area is 109 Å². The Morgan fingerprint density at radius 3 is 2.56 bits per heavy atom. The Hall–Kier alpha value is -0.510. The van der Waals surface area contributed by atoms with Gasteiger partial charge in [-0.25, -0.2) is 4.98 Å². The van der Waals surface area contributed by atoms with Crippen LogP contribution in [0.2, 0.25) is 10.0 Å².